The molecule has 1 unspecified atom stereocenters. The Morgan fingerprint density at radius 2 is 1.43 bits per heavy atom. The molecule has 1 aliphatic rings. The molecule has 0 fully saturated rings. The molecule has 1 aromatic rings. The monoisotopic (exact) mass is 326 g/mol. The van der Waals surface area contributed by atoms with E-state index in [9.17, 15) is 0 Å². The lowest BCUT2D eigenvalue weighted by atomic mass is 9.82. The first kappa shape index (κ1) is 18.3. The molecule has 0 N–H and O–H groups in total. The van der Waals surface area contributed by atoms with Crippen LogP contribution in [0.3, 0.4) is 0 Å². The summed E-state index contributed by atoms with van der Waals surface area (Å²) in [7, 11) is -0.214. The SMILES string of the molecule is CC1=C(C)C(C[SiH2]c2cc(C)cc(C)c2)C(CC(C)(C)C)=C1C. The van der Waals surface area contributed by atoms with Gasteiger partial charge in [0.05, 0.1) is 9.52 Å². The van der Waals surface area contributed by atoms with E-state index < -0.39 is 0 Å². The van der Waals surface area contributed by atoms with Gasteiger partial charge < -0.3 is 0 Å². The maximum absolute atomic E-state index is 2.42. The third-order valence-corrected chi connectivity index (χ3v) is 7.15. The van der Waals surface area contributed by atoms with E-state index >= 15 is 0 Å². The molecular formula is C22H34Si. The van der Waals surface area contributed by atoms with E-state index in [0.717, 1.165) is 0 Å². The van der Waals surface area contributed by atoms with E-state index in [1.807, 2.05) is 0 Å². The zero-order valence-corrected chi connectivity index (χ0v) is 17.8. The Kier molecular flexibility index (Phi) is 5.40. The molecule has 0 bridgehead atoms. The van der Waals surface area contributed by atoms with Crippen LogP contribution in [0.1, 0.15) is 59.1 Å². The summed E-state index contributed by atoms with van der Waals surface area (Å²) in [5, 5.41) is 1.63. The van der Waals surface area contributed by atoms with Crippen molar-refractivity contribution in [3.8, 4) is 0 Å². The second kappa shape index (κ2) is 6.81. The van der Waals surface area contributed by atoms with Crippen LogP contribution in [0, 0.1) is 25.2 Å². The average Bonchev–Trinajstić information content (AvgIpc) is 2.59. The molecule has 0 nitrogen and oxygen atoms in total. The molecule has 0 saturated carbocycles. The lowest BCUT2D eigenvalue weighted by molar-refractivity contribution is 0.397. The Hall–Kier alpha value is -1.08. The Morgan fingerprint density at radius 3 is 1.96 bits per heavy atom. The summed E-state index contributed by atoms with van der Waals surface area (Å²) in [5.41, 5.74) is 9.72. The van der Waals surface area contributed by atoms with Crippen molar-refractivity contribution in [3.05, 3.63) is 51.6 Å². The van der Waals surface area contributed by atoms with Crippen LogP contribution in [0.25, 0.3) is 0 Å². The molecule has 126 valence electrons. The molecule has 0 saturated heterocycles. The normalized spacial score (nSPS) is 19.6. The molecule has 0 heterocycles. The summed E-state index contributed by atoms with van der Waals surface area (Å²) in [5.74, 6) is 0.710. The highest BCUT2D eigenvalue weighted by Gasteiger charge is 2.29. The fourth-order valence-electron chi connectivity index (χ4n) is 4.06. The minimum atomic E-state index is -0.214. The first-order valence-corrected chi connectivity index (χ1v) is 10.7. The van der Waals surface area contributed by atoms with Crippen molar-refractivity contribution in [1.29, 1.82) is 0 Å². The summed E-state index contributed by atoms with van der Waals surface area (Å²) in [6.45, 7) is 18.6. The zero-order chi connectivity index (χ0) is 17.4. The van der Waals surface area contributed by atoms with Gasteiger partial charge in [0.25, 0.3) is 0 Å². The van der Waals surface area contributed by atoms with Gasteiger partial charge in [-0.2, -0.15) is 0 Å². The molecule has 1 atom stereocenters. The van der Waals surface area contributed by atoms with Crippen molar-refractivity contribution >= 4 is 14.7 Å². The fraction of sp³-hybridized carbons (Fsp3) is 0.545. The van der Waals surface area contributed by atoms with Crippen molar-refractivity contribution in [2.24, 2.45) is 11.3 Å². The summed E-state index contributed by atoms with van der Waals surface area (Å²) in [6, 6.07) is 8.51. The fourth-order valence-corrected chi connectivity index (χ4v) is 6.40. The Balaban J connectivity index is 2.19. The Bertz CT molecular complexity index is 633. The molecule has 23 heavy (non-hydrogen) atoms. The van der Waals surface area contributed by atoms with Crippen molar-refractivity contribution in [1.82, 2.24) is 0 Å². The van der Waals surface area contributed by atoms with Gasteiger partial charge in [-0.15, -0.1) is 0 Å². The lowest BCUT2D eigenvalue weighted by Crippen LogP contribution is -2.20. The van der Waals surface area contributed by atoms with E-state index in [1.165, 1.54) is 23.6 Å². The van der Waals surface area contributed by atoms with Crippen molar-refractivity contribution in [2.45, 2.75) is 67.9 Å². The van der Waals surface area contributed by atoms with Crippen LogP contribution >= 0.6 is 0 Å². The standard InChI is InChI=1S/C22H34Si/c1-14-9-15(2)11-19(10-14)23-13-21-18(5)16(3)17(4)20(21)12-22(6,7)8/h9-11,21H,12-13,23H2,1-8H3. The minimum Gasteiger partial charge on any atom is -0.0664 e. The second-order valence-electron chi connectivity index (χ2n) is 8.78. The van der Waals surface area contributed by atoms with E-state index in [0.29, 0.717) is 11.3 Å². The van der Waals surface area contributed by atoms with Crippen LogP contribution in [0.4, 0.5) is 0 Å². The minimum absolute atomic E-state index is 0.214. The summed E-state index contributed by atoms with van der Waals surface area (Å²) in [6.07, 6.45) is 1.24. The number of aryl methyl sites for hydroxylation is 2. The van der Waals surface area contributed by atoms with Crippen LogP contribution in [0.2, 0.25) is 6.04 Å². The number of rotatable bonds is 4. The predicted octanol–water partition coefficient (Wildman–Crippen LogP) is 5.23. The summed E-state index contributed by atoms with van der Waals surface area (Å²) < 4.78 is 0. The van der Waals surface area contributed by atoms with E-state index in [4.69, 9.17) is 0 Å². The van der Waals surface area contributed by atoms with E-state index in [1.54, 1.807) is 27.5 Å². The molecule has 0 radical (unpaired) electrons. The maximum Gasteiger partial charge on any atom is 0.0556 e. The second-order valence-corrected chi connectivity index (χ2v) is 10.7. The van der Waals surface area contributed by atoms with Gasteiger partial charge in [0.1, 0.15) is 0 Å². The van der Waals surface area contributed by atoms with E-state index in [2.05, 4.69) is 73.6 Å². The molecule has 0 aliphatic heterocycles. The highest BCUT2D eigenvalue weighted by atomic mass is 28.2. The topological polar surface area (TPSA) is 0 Å². The smallest absolute Gasteiger partial charge is 0.0556 e. The number of hydrogen-bond acceptors (Lipinski definition) is 0. The van der Waals surface area contributed by atoms with Crippen molar-refractivity contribution in [3.63, 3.8) is 0 Å². The largest absolute Gasteiger partial charge is 0.0664 e. The molecule has 1 aromatic carbocycles. The van der Waals surface area contributed by atoms with Crippen LogP contribution in [0.5, 0.6) is 0 Å². The first-order valence-electron chi connectivity index (χ1n) is 9.03. The Labute approximate surface area is 145 Å². The summed E-state index contributed by atoms with van der Waals surface area (Å²) >= 11 is 0. The number of hydrogen-bond donors (Lipinski definition) is 0. The molecular weight excluding hydrogens is 292 g/mol. The number of allylic oxidation sites excluding steroid dienone is 4. The first-order chi connectivity index (χ1) is 10.6. The number of benzene rings is 1. The predicted molar refractivity (Wildman–Crippen MR) is 108 cm³/mol. The third kappa shape index (κ3) is 4.47. The quantitative estimate of drug-likeness (QED) is 0.664. The molecule has 1 aliphatic carbocycles. The lowest BCUT2D eigenvalue weighted by Gasteiger charge is -2.25. The van der Waals surface area contributed by atoms with Crippen molar-refractivity contribution in [2.75, 3.05) is 0 Å². The highest BCUT2D eigenvalue weighted by molar-refractivity contribution is 6.53. The molecule has 2 rings (SSSR count). The van der Waals surface area contributed by atoms with Crippen LogP contribution in [-0.2, 0) is 0 Å². The average molecular weight is 327 g/mol. The van der Waals surface area contributed by atoms with Gasteiger partial charge >= 0.3 is 0 Å². The van der Waals surface area contributed by atoms with Crippen LogP contribution in [-0.4, -0.2) is 9.52 Å². The van der Waals surface area contributed by atoms with Gasteiger partial charge in [-0.3, -0.25) is 0 Å². The third-order valence-electron chi connectivity index (χ3n) is 5.30. The van der Waals surface area contributed by atoms with Crippen molar-refractivity contribution < 1.29 is 0 Å². The molecule has 0 aromatic heterocycles. The molecule has 0 amide bonds. The van der Waals surface area contributed by atoms with Gasteiger partial charge in [0.2, 0.25) is 0 Å². The Morgan fingerprint density at radius 1 is 0.870 bits per heavy atom. The highest BCUT2D eigenvalue weighted by Crippen LogP contribution is 2.43. The van der Waals surface area contributed by atoms with Gasteiger partial charge in [0.15, 0.2) is 0 Å². The maximum atomic E-state index is 2.42. The molecule has 1 heteroatoms. The zero-order valence-electron chi connectivity index (χ0n) is 16.4. The van der Waals surface area contributed by atoms with Gasteiger partial charge in [-0.05, 0) is 69.6 Å². The van der Waals surface area contributed by atoms with Crippen LogP contribution < -0.4 is 5.19 Å². The van der Waals surface area contributed by atoms with Crippen LogP contribution in [0.15, 0.2) is 40.5 Å². The summed E-state index contributed by atoms with van der Waals surface area (Å²) in [4.78, 5) is 0. The van der Waals surface area contributed by atoms with Gasteiger partial charge in [-0.25, -0.2) is 0 Å². The van der Waals surface area contributed by atoms with Gasteiger partial charge in [-0.1, -0.05) is 66.4 Å². The molecule has 0 spiro atoms. The van der Waals surface area contributed by atoms with E-state index in [-0.39, 0.29) is 9.52 Å². The van der Waals surface area contributed by atoms with Gasteiger partial charge in [0, 0.05) is 0 Å².